The first kappa shape index (κ1) is 19.8. The molecule has 1 atom stereocenters. The van der Waals surface area contributed by atoms with Crippen molar-refractivity contribution >= 4 is 5.91 Å². The van der Waals surface area contributed by atoms with Crippen LogP contribution in [0.1, 0.15) is 21.7 Å². The fraction of sp³-hybridized carbons (Fsp3) is 0.353. The van der Waals surface area contributed by atoms with E-state index in [0.717, 1.165) is 12.1 Å². The normalized spacial score (nSPS) is 12.7. The molecule has 1 unspecified atom stereocenters. The predicted octanol–water partition coefficient (Wildman–Crippen LogP) is 2.27. The zero-order chi connectivity index (χ0) is 19.3. The largest absolute Gasteiger partial charge is 0.491 e. The summed E-state index contributed by atoms with van der Waals surface area (Å²) in [5.74, 6) is 0.295. The van der Waals surface area contributed by atoms with Crippen molar-refractivity contribution in [3.8, 4) is 5.75 Å². The lowest BCUT2D eigenvalue weighted by Gasteiger charge is -2.20. The van der Waals surface area contributed by atoms with Crippen molar-refractivity contribution in [2.45, 2.75) is 18.8 Å². The maximum atomic E-state index is 12.5. The van der Waals surface area contributed by atoms with Crippen LogP contribution in [0.5, 0.6) is 5.75 Å². The molecule has 0 saturated heterocycles. The Kier molecular flexibility index (Phi) is 6.27. The molecule has 0 spiro atoms. The molecule has 0 radical (unpaired) electrons. The first-order valence-corrected chi connectivity index (χ1v) is 7.71. The highest BCUT2D eigenvalue weighted by atomic mass is 19.4. The molecular weight excluding hydrogens is 353 g/mol. The molecule has 2 rings (SSSR count). The Bertz CT molecular complexity index is 728. The van der Waals surface area contributed by atoms with Gasteiger partial charge in [-0.3, -0.25) is 4.79 Å². The highest BCUT2D eigenvalue weighted by molar-refractivity contribution is 5.93. The van der Waals surface area contributed by atoms with E-state index in [0.29, 0.717) is 11.3 Å². The van der Waals surface area contributed by atoms with Crippen LogP contribution in [0.3, 0.4) is 0 Å². The first-order valence-electron chi connectivity index (χ1n) is 7.71. The summed E-state index contributed by atoms with van der Waals surface area (Å²) >= 11 is 0. The molecule has 1 heterocycles. The van der Waals surface area contributed by atoms with Gasteiger partial charge in [0.1, 0.15) is 30.5 Å². The van der Waals surface area contributed by atoms with Crippen molar-refractivity contribution < 1.29 is 32.2 Å². The number of hydrogen-bond acceptors (Lipinski definition) is 5. The van der Waals surface area contributed by atoms with Gasteiger partial charge in [-0.05, 0) is 30.3 Å². The fourth-order valence-electron chi connectivity index (χ4n) is 2.20. The molecule has 6 nitrogen and oxygen atoms in total. The first-order chi connectivity index (χ1) is 12.2. The summed E-state index contributed by atoms with van der Waals surface area (Å²) in [6, 6.07) is 5.65. The fourth-order valence-corrected chi connectivity index (χ4v) is 2.20. The number of benzene rings is 1. The predicted molar refractivity (Wildman–Crippen MR) is 86.5 cm³/mol. The van der Waals surface area contributed by atoms with Gasteiger partial charge in [-0.1, -0.05) is 0 Å². The van der Waals surface area contributed by atoms with Gasteiger partial charge in [0.15, 0.2) is 0 Å². The van der Waals surface area contributed by atoms with E-state index in [9.17, 15) is 23.1 Å². The quantitative estimate of drug-likeness (QED) is 0.778. The number of rotatable bonds is 7. The lowest BCUT2D eigenvalue weighted by molar-refractivity contribution is -0.137. The van der Waals surface area contributed by atoms with E-state index in [4.69, 9.17) is 14.9 Å². The van der Waals surface area contributed by atoms with Gasteiger partial charge in [0.25, 0.3) is 5.91 Å². The molecule has 26 heavy (non-hydrogen) atoms. The van der Waals surface area contributed by atoms with Gasteiger partial charge < -0.3 is 24.9 Å². The number of aliphatic hydroxyl groups is 1. The molecule has 0 aliphatic rings. The summed E-state index contributed by atoms with van der Waals surface area (Å²) in [5, 5.41) is 9.97. The third-order valence-electron chi connectivity index (χ3n) is 3.56. The number of ether oxygens (including phenoxy) is 1. The van der Waals surface area contributed by atoms with Gasteiger partial charge in [0.05, 0.1) is 17.7 Å². The topological polar surface area (TPSA) is 88.9 Å². The van der Waals surface area contributed by atoms with Gasteiger partial charge in [-0.25, -0.2) is 0 Å². The molecule has 1 amide bonds. The van der Waals surface area contributed by atoms with Crippen LogP contribution in [-0.2, 0) is 12.7 Å². The van der Waals surface area contributed by atoms with Gasteiger partial charge in [0, 0.05) is 13.6 Å². The number of carbonyl (C=O) groups is 1. The molecule has 1 aromatic carbocycles. The van der Waals surface area contributed by atoms with E-state index in [2.05, 4.69) is 0 Å². The van der Waals surface area contributed by atoms with Crippen LogP contribution < -0.4 is 10.5 Å². The van der Waals surface area contributed by atoms with Crippen LogP contribution in [0, 0.1) is 0 Å². The Morgan fingerprint density at radius 1 is 1.35 bits per heavy atom. The monoisotopic (exact) mass is 372 g/mol. The zero-order valence-electron chi connectivity index (χ0n) is 14.0. The minimum Gasteiger partial charge on any atom is -0.491 e. The van der Waals surface area contributed by atoms with Gasteiger partial charge >= 0.3 is 6.18 Å². The summed E-state index contributed by atoms with van der Waals surface area (Å²) < 4.78 is 47.8. The second-order valence-electron chi connectivity index (χ2n) is 5.68. The number of hydrogen-bond donors (Lipinski definition) is 2. The highest BCUT2D eigenvalue weighted by Crippen LogP contribution is 2.30. The number of carbonyl (C=O) groups excluding carboxylic acids is 1. The van der Waals surface area contributed by atoms with E-state index in [1.54, 1.807) is 0 Å². The second kappa shape index (κ2) is 8.24. The third kappa shape index (κ3) is 5.24. The summed E-state index contributed by atoms with van der Waals surface area (Å²) in [5.41, 5.74) is 4.94. The Morgan fingerprint density at radius 3 is 2.54 bits per heavy atom. The average molecular weight is 372 g/mol. The maximum absolute atomic E-state index is 12.5. The van der Waals surface area contributed by atoms with Crippen molar-refractivity contribution in [3.05, 3.63) is 53.5 Å². The van der Waals surface area contributed by atoms with Crippen molar-refractivity contribution in [1.29, 1.82) is 0 Å². The number of halogens is 3. The molecule has 0 aliphatic heterocycles. The Labute approximate surface area is 148 Å². The van der Waals surface area contributed by atoms with Crippen LogP contribution in [0.4, 0.5) is 13.2 Å². The number of likely N-dealkylation sites (N-methyl/N-ethyl adjacent to an activating group) is 1. The van der Waals surface area contributed by atoms with E-state index < -0.39 is 17.8 Å². The van der Waals surface area contributed by atoms with E-state index in [-0.39, 0.29) is 31.4 Å². The smallest absolute Gasteiger partial charge is 0.416 e. The summed E-state index contributed by atoms with van der Waals surface area (Å²) in [4.78, 5) is 13.5. The highest BCUT2D eigenvalue weighted by Gasteiger charge is 2.30. The number of furan rings is 1. The van der Waals surface area contributed by atoms with Crippen molar-refractivity contribution in [2.75, 3.05) is 20.2 Å². The molecule has 3 N–H and O–H groups in total. The average Bonchev–Trinajstić information content (AvgIpc) is 3.08. The summed E-state index contributed by atoms with van der Waals surface area (Å²) in [7, 11) is 1.50. The molecular formula is C17H19F3N2O4. The van der Waals surface area contributed by atoms with Crippen molar-refractivity contribution in [3.63, 3.8) is 0 Å². The van der Waals surface area contributed by atoms with Crippen LogP contribution in [-0.4, -0.2) is 42.2 Å². The number of aliphatic hydroxyl groups excluding tert-OH is 1. The van der Waals surface area contributed by atoms with Crippen LogP contribution in [0.25, 0.3) is 0 Å². The standard InChI is InChI=1S/C17H19F3N2O4/c1-22(16(24)11-6-15(7-21)25-9-11)8-13(23)10-26-14-4-2-12(3-5-14)17(18,19)20/h2-6,9,13,23H,7-8,10,21H2,1H3. The van der Waals surface area contributed by atoms with Crippen molar-refractivity contribution in [1.82, 2.24) is 4.90 Å². The van der Waals surface area contributed by atoms with E-state index in [1.165, 1.54) is 36.4 Å². The van der Waals surface area contributed by atoms with E-state index in [1.807, 2.05) is 0 Å². The van der Waals surface area contributed by atoms with Gasteiger partial charge in [-0.15, -0.1) is 0 Å². The molecule has 0 aliphatic carbocycles. The Balaban J connectivity index is 1.84. The Hall–Kier alpha value is -2.52. The van der Waals surface area contributed by atoms with Crippen LogP contribution in [0.2, 0.25) is 0 Å². The minimum absolute atomic E-state index is 0.0252. The van der Waals surface area contributed by atoms with Gasteiger partial charge in [-0.2, -0.15) is 13.2 Å². The molecule has 9 heteroatoms. The molecule has 142 valence electrons. The summed E-state index contributed by atoms with van der Waals surface area (Å²) in [6.45, 7) is -0.0361. The van der Waals surface area contributed by atoms with E-state index >= 15 is 0 Å². The summed E-state index contributed by atoms with van der Waals surface area (Å²) in [6.07, 6.45) is -4.16. The number of nitrogens with zero attached hydrogens (tertiary/aromatic N) is 1. The Morgan fingerprint density at radius 2 is 2.00 bits per heavy atom. The van der Waals surface area contributed by atoms with Crippen LogP contribution >= 0.6 is 0 Å². The lowest BCUT2D eigenvalue weighted by atomic mass is 10.2. The number of amides is 1. The molecule has 0 fully saturated rings. The minimum atomic E-state index is -4.42. The molecule has 2 aromatic rings. The number of nitrogens with two attached hydrogens (primary N) is 1. The third-order valence-corrected chi connectivity index (χ3v) is 3.56. The lowest BCUT2D eigenvalue weighted by Crippen LogP contribution is -2.36. The SMILES string of the molecule is CN(CC(O)COc1ccc(C(F)(F)F)cc1)C(=O)c1coc(CN)c1. The van der Waals surface area contributed by atoms with Crippen molar-refractivity contribution in [2.24, 2.45) is 5.73 Å². The number of alkyl halides is 3. The maximum Gasteiger partial charge on any atom is 0.416 e. The molecule has 0 bridgehead atoms. The van der Waals surface area contributed by atoms with Gasteiger partial charge in [0.2, 0.25) is 0 Å². The second-order valence-corrected chi connectivity index (χ2v) is 5.68. The molecule has 1 aromatic heterocycles. The zero-order valence-corrected chi connectivity index (χ0v) is 14.0. The molecule has 0 saturated carbocycles. The van der Waals surface area contributed by atoms with Crippen LogP contribution in [0.15, 0.2) is 41.0 Å².